The summed E-state index contributed by atoms with van der Waals surface area (Å²) >= 11 is 0. The van der Waals surface area contributed by atoms with E-state index in [1.807, 2.05) is 42.5 Å². The summed E-state index contributed by atoms with van der Waals surface area (Å²) in [5.41, 5.74) is 10.6. The van der Waals surface area contributed by atoms with Crippen LogP contribution in [0.15, 0.2) is 109 Å². The van der Waals surface area contributed by atoms with Crippen molar-refractivity contribution < 1.29 is 9.18 Å². The maximum absolute atomic E-state index is 13.7. The second-order valence-corrected chi connectivity index (χ2v) is 10.7. The molecular formula is C34H24FN7O. The third kappa shape index (κ3) is 4.66. The van der Waals surface area contributed by atoms with Crippen LogP contribution in [0.1, 0.15) is 28.4 Å². The van der Waals surface area contributed by atoms with Gasteiger partial charge in [0, 0.05) is 40.2 Å². The number of hydrogen-bond donors (Lipinski definition) is 4. The van der Waals surface area contributed by atoms with Gasteiger partial charge in [0.1, 0.15) is 11.9 Å². The Labute approximate surface area is 245 Å². The van der Waals surface area contributed by atoms with Crippen LogP contribution in [0.5, 0.6) is 0 Å². The van der Waals surface area contributed by atoms with Crippen LogP contribution in [0, 0.1) is 5.82 Å². The monoisotopic (exact) mass is 565 g/mol. The Bertz CT molecular complexity index is 2090. The summed E-state index contributed by atoms with van der Waals surface area (Å²) in [6.07, 6.45) is 9.56. The SMILES string of the molecule is O=C(Cc1ccccc1)Nc1cncc(-c2cnc3n[nH]c(-c4cc5c([nH]4)C4NC4=CC=C5c4ccc(F)cc4)c3c2)c1. The number of carbonyl (C=O) groups excluding carboxylic acids is 1. The minimum absolute atomic E-state index is 0.103. The molecule has 208 valence electrons. The zero-order valence-corrected chi connectivity index (χ0v) is 22.7. The quantitative estimate of drug-likeness (QED) is 0.176. The molecule has 1 aliphatic heterocycles. The molecule has 6 aromatic rings. The predicted octanol–water partition coefficient (Wildman–Crippen LogP) is 6.31. The zero-order chi connectivity index (χ0) is 28.9. The molecule has 43 heavy (non-hydrogen) atoms. The molecule has 2 aromatic carbocycles. The summed E-state index contributed by atoms with van der Waals surface area (Å²) in [6, 6.07) is 22.3. The van der Waals surface area contributed by atoms with E-state index in [0.717, 1.165) is 61.6 Å². The van der Waals surface area contributed by atoms with E-state index < -0.39 is 0 Å². The van der Waals surface area contributed by atoms with Crippen LogP contribution < -0.4 is 10.6 Å². The number of halogens is 1. The van der Waals surface area contributed by atoms with Crippen LogP contribution in [-0.4, -0.2) is 31.1 Å². The molecule has 0 bridgehead atoms. The van der Waals surface area contributed by atoms with Crippen molar-refractivity contribution >= 4 is 28.2 Å². The topological polar surface area (TPSA) is 121 Å². The number of pyridine rings is 2. The summed E-state index contributed by atoms with van der Waals surface area (Å²) in [5, 5.41) is 14.8. The second-order valence-electron chi connectivity index (χ2n) is 10.7. The molecule has 0 radical (unpaired) electrons. The van der Waals surface area contributed by atoms with Crippen LogP contribution in [0.4, 0.5) is 10.1 Å². The van der Waals surface area contributed by atoms with Gasteiger partial charge in [0.2, 0.25) is 5.91 Å². The van der Waals surface area contributed by atoms with E-state index in [4.69, 9.17) is 0 Å². The fraction of sp³-hybridized carbons (Fsp3) is 0.0588. The number of rotatable bonds is 6. The van der Waals surface area contributed by atoms with Crippen molar-refractivity contribution in [1.82, 2.24) is 30.5 Å². The maximum atomic E-state index is 13.7. The average molecular weight is 566 g/mol. The normalized spacial score (nSPS) is 15.0. The third-order valence-electron chi connectivity index (χ3n) is 7.79. The Balaban J connectivity index is 1.12. The summed E-state index contributed by atoms with van der Waals surface area (Å²) in [7, 11) is 0. The van der Waals surface area contributed by atoms with Gasteiger partial charge in [0.25, 0.3) is 0 Å². The molecule has 8 nitrogen and oxygen atoms in total. The first-order chi connectivity index (χ1) is 21.1. The number of hydrogen-bond acceptors (Lipinski definition) is 5. The maximum Gasteiger partial charge on any atom is 0.228 e. The van der Waals surface area contributed by atoms with Crippen LogP contribution in [0.2, 0.25) is 0 Å². The van der Waals surface area contributed by atoms with Gasteiger partial charge in [-0.3, -0.25) is 14.9 Å². The lowest BCUT2D eigenvalue weighted by Crippen LogP contribution is -2.14. The lowest BCUT2D eigenvalue weighted by molar-refractivity contribution is -0.115. The van der Waals surface area contributed by atoms with E-state index in [9.17, 15) is 9.18 Å². The van der Waals surface area contributed by atoms with Gasteiger partial charge in [0.15, 0.2) is 5.65 Å². The molecule has 1 fully saturated rings. The molecule has 1 amide bonds. The van der Waals surface area contributed by atoms with E-state index in [1.54, 1.807) is 30.7 Å². The van der Waals surface area contributed by atoms with E-state index in [0.29, 0.717) is 11.3 Å². The molecule has 9 heteroatoms. The van der Waals surface area contributed by atoms with E-state index in [-0.39, 0.29) is 24.2 Å². The Hall–Kier alpha value is -5.83. The molecule has 8 rings (SSSR count). The highest BCUT2D eigenvalue weighted by molar-refractivity contribution is 5.95. The average Bonchev–Trinajstić information content (AvgIpc) is 3.51. The van der Waals surface area contributed by atoms with Crippen molar-refractivity contribution in [2.75, 3.05) is 5.32 Å². The van der Waals surface area contributed by atoms with Gasteiger partial charge in [-0.25, -0.2) is 9.37 Å². The lowest BCUT2D eigenvalue weighted by atomic mass is 9.97. The molecule has 4 aromatic heterocycles. The van der Waals surface area contributed by atoms with Crippen LogP contribution in [-0.2, 0) is 11.2 Å². The summed E-state index contributed by atoms with van der Waals surface area (Å²) < 4.78 is 13.7. The van der Waals surface area contributed by atoms with Gasteiger partial charge in [-0.2, -0.15) is 5.10 Å². The molecule has 1 unspecified atom stereocenters. The van der Waals surface area contributed by atoms with Gasteiger partial charge in [-0.05, 0) is 53.1 Å². The molecule has 5 heterocycles. The Morgan fingerprint density at radius 1 is 0.907 bits per heavy atom. The van der Waals surface area contributed by atoms with Gasteiger partial charge in [-0.1, -0.05) is 48.5 Å². The van der Waals surface area contributed by atoms with Crippen molar-refractivity contribution in [1.29, 1.82) is 0 Å². The number of fused-ring (bicyclic) bond motifs is 4. The molecule has 1 aliphatic carbocycles. The number of nitrogens with zero attached hydrogens (tertiary/aromatic N) is 3. The van der Waals surface area contributed by atoms with Crippen LogP contribution >= 0.6 is 0 Å². The van der Waals surface area contributed by atoms with Crippen molar-refractivity contribution in [3.05, 3.63) is 137 Å². The standard InChI is InChI=1S/C34H24FN7O/c35-23-8-6-20(7-9-23)25-10-11-28-33(39-28)32-26(25)15-29(40-32)31-27-14-22(17-37-34(27)42-41-31)21-13-24(18-36-16-21)38-30(43)12-19-4-2-1-3-5-19/h1-11,13-18,33,39-40H,12H2,(H,38,43)(H,37,41,42). The fourth-order valence-corrected chi connectivity index (χ4v) is 5.61. The van der Waals surface area contributed by atoms with E-state index in [2.05, 4.69) is 54.0 Å². The Kier molecular flexibility index (Phi) is 5.75. The number of H-pyrrole nitrogens is 2. The highest BCUT2D eigenvalue weighted by Gasteiger charge is 2.36. The number of anilines is 1. The van der Waals surface area contributed by atoms with E-state index >= 15 is 0 Å². The van der Waals surface area contributed by atoms with Gasteiger partial charge in [-0.15, -0.1) is 0 Å². The molecule has 0 saturated carbocycles. The summed E-state index contributed by atoms with van der Waals surface area (Å²) in [4.78, 5) is 25.2. The van der Waals surface area contributed by atoms with Crippen molar-refractivity contribution in [3.8, 4) is 22.5 Å². The van der Waals surface area contributed by atoms with Crippen molar-refractivity contribution in [3.63, 3.8) is 0 Å². The number of aromatic nitrogens is 5. The number of benzene rings is 2. The Morgan fingerprint density at radius 3 is 2.60 bits per heavy atom. The number of aromatic amines is 2. The van der Waals surface area contributed by atoms with Gasteiger partial charge >= 0.3 is 0 Å². The highest BCUT2D eigenvalue weighted by Crippen LogP contribution is 2.44. The minimum atomic E-state index is -0.265. The second kappa shape index (κ2) is 9.92. The number of amides is 1. The number of allylic oxidation sites excluding steroid dienone is 2. The largest absolute Gasteiger partial charge is 0.373 e. The van der Waals surface area contributed by atoms with E-state index in [1.165, 1.54) is 12.1 Å². The minimum Gasteiger partial charge on any atom is -0.373 e. The van der Waals surface area contributed by atoms with Gasteiger partial charge in [0.05, 0.1) is 35.4 Å². The molecule has 1 saturated heterocycles. The van der Waals surface area contributed by atoms with Crippen LogP contribution in [0.25, 0.3) is 39.1 Å². The van der Waals surface area contributed by atoms with Crippen molar-refractivity contribution in [2.24, 2.45) is 0 Å². The first-order valence-corrected chi connectivity index (χ1v) is 13.9. The summed E-state index contributed by atoms with van der Waals surface area (Å²) in [6.45, 7) is 0. The fourth-order valence-electron chi connectivity index (χ4n) is 5.61. The molecule has 0 spiro atoms. The molecule has 4 N–H and O–H groups in total. The number of carbonyl (C=O) groups is 1. The molecule has 2 aliphatic rings. The highest BCUT2D eigenvalue weighted by atomic mass is 19.1. The predicted molar refractivity (Wildman–Crippen MR) is 163 cm³/mol. The number of nitrogens with one attached hydrogen (secondary N) is 4. The smallest absolute Gasteiger partial charge is 0.228 e. The lowest BCUT2D eigenvalue weighted by Gasteiger charge is -2.08. The molecule has 1 atom stereocenters. The third-order valence-corrected chi connectivity index (χ3v) is 7.79. The summed E-state index contributed by atoms with van der Waals surface area (Å²) in [5.74, 6) is -0.377. The first kappa shape index (κ1) is 24.9. The molecular weight excluding hydrogens is 541 g/mol. The van der Waals surface area contributed by atoms with Crippen LogP contribution in [0.3, 0.4) is 0 Å². The van der Waals surface area contributed by atoms with Crippen molar-refractivity contribution in [2.45, 2.75) is 12.5 Å². The first-order valence-electron chi connectivity index (χ1n) is 13.9. The van der Waals surface area contributed by atoms with Gasteiger partial charge < -0.3 is 15.6 Å². The zero-order valence-electron chi connectivity index (χ0n) is 22.7. The Morgan fingerprint density at radius 2 is 1.74 bits per heavy atom.